The molecule has 0 amide bonds. The quantitative estimate of drug-likeness (QED) is 0.536. The molecule has 0 radical (unpaired) electrons. The summed E-state index contributed by atoms with van der Waals surface area (Å²) >= 11 is 0. The molecule has 0 saturated heterocycles. The Morgan fingerprint density at radius 2 is 1.63 bits per heavy atom. The number of carbonyl (C=O) groups excluding carboxylic acids is 2. The van der Waals surface area contributed by atoms with Crippen molar-refractivity contribution in [2.24, 2.45) is 0 Å². The van der Waals surface area contributed by atoms with Crippen LogP contribution in [0.5, 0.6) is 0 Å². The Bertz CT molecular complexity index is 1030. The van der Waals surface area contributed by atoms with Gasteiger partial charge in [-0.15, -0.1) is 0 Å². The molecule has 6 heteroatoms. The molecule has 0 unspecified atom stereocenters. The second kappa shape index (κ2) is 7.61. The Kier molecular flexibility index (Phi) is 5.08. The third-order valence-electron chi connectivity index (χ3n) is 3.86. The van der Waals surface area contributed by atoms with E-state index >= 15 is 0 Å². The van der Waals surface area contributed by atoms with Gasteiger partial charge in [-0.05, 0) is 49.4 Å². The molecule has 0 spiro atoms. The van der Waals surface area contributed by atoms with Gasteiger partial charge >= 0.3 is 5.97 Å². The highest BCUT2D eigenvalue weighted by molar-refractivity contribution is 6.07. The molecule has 6 nitrogen and oxygen atoms in total. The standard InChI is InChI=1S/C21H16N2O4/c1-14(24)7-12-20(25)19-13-18(15-5-3-2-4-6-15)22-23(19)17-10-8-16(9-11-17)21(26)27/h2-13H,1H3,(H,26,27). The molecule has 0 bridgehead atoms. The van der Waals surface area contributed by atoms with E-state index in [1.54, 1.807) is 18.2 Å². The van der Waals surface area contributed by atoms with Gasteiger partial charge in [-0.25, -0.2) is 9.48 Å². The maximum absolute atomic E-state index is 12.6. The molecule has 2 aromatic carbocycles. The number of aromatic carboxylic acids is 1. The summed E-state index contributed by atoms with van der Waals surface area (Å²) in [5.74, 6) is -1.64. The van der Waals surface area contributed by atoms with Crippen LogP contribution in [-0.4, -0.2) is 32.4 Å². The molecule has 1 N–H and O–H groups in total. The number of aromatic nitrogens is 2. The van der Waals surface area contributed by atoms with Crippen molar-refractivity contribution in [2.75, 3.05) is 0 Å². The zero-order valence-electron chi connectivity index (χ0n) is 14.5. The molecule has 0 aliphatic heterocycles. The van der Waals surface area contributed by atoms with Gasteiger partial charge in [0.1, 0.15) is 5.69 Å². The summed E-state index contributed by atoms with van der Waals surface area (Å²) in [6, 6.07) is 17.1. The maximum atomic E-state index is 12.6. The van der Waals surface area contributed by atoms with Crippen molar-refractivity contribution in [1.29, 1.82) is 0 Å². The van der Waals surface area contributed by atoms with Gasteiger partial charge < -0.3 is 5.11 Å². The fraction of sp³-hybridized carbons (Fsp3) is 0.0476. The highest BCUT2D eigenvalue weighted by Gasteiger charge is 2.16. The first-order valence-electron chi connectivity index (χ1n) is 8.18. The average molecular weight is 360 g/mol. The lowest BCUT2D eigenvalue weighted by Gasteiger charge is -2.05. The fourth-order valence-corrected chi connectivity index (χ4v) is 2.53. The van der Waals surface area contributed by atoms with Crippen molar-refractivity contribution < 1.29 is 19.5 Å². The van der Waals surface area contributed by atoms with E-state index in [-0.39, 0.29) is 22.8 Å². The van der Waals surface area contributed by atoms with Crippen molar-refractivity contribution in [1.82, 2.24) is 9.78 Å². The Morgan fingerprint density at radius 3 is 2.22 bits per heavy atom. The minimum absolute atomic E-state index is 0.138. The summed E-state index contributed by atoms with van der Waals surface area (Å²) in [4.78, 5) is 34.8. The highest BCUT2D eigenvalue weighted by Crippen LogP contribution is 2.22. The second-order valence-electron chi connectivity index (χ2n) is 5.85. The number of ketones is 2. The zero-order valence-corrected chi connectivity index (χ0v) is 14.5. The van der Waals surface area contributed by atoms with Crippen molar-refractivity contribution >= 4 is 17.5 Å². The third-order valence-corrected chi connectivity index (χ3v) is 3.86. The molecule has 3 rings (SSSR count). The Balaban J connectivity index is 2.09. The van der Waals surface area contributed by atoms with E-state index in [1.165, 1.54) is 35.9 Å². The van der Waals surface area contributed by atoms with Gasteiger partial charge in [-0.2, -0.15) is 5.10 Å². The maximum Gasteiger partial charge on any atom is 0.335 e. The minimum atomic E-state index is -1.03. The second-order valence-corrected chi connectivity index (χ2v) is 5.85. The average Bonchev–Trinajstić information content (AvgIpc) is 3.12. The van der Waals surface area contributed by atoms with E-state index in [9.17, 15) is 14.4 Å². The summed E-state index contributed by atoms with van der Waals surface area (Å²) in [7, 11) is 0. The normalized spacial score (nSPS) is 10.9. The van der Waals surface area contributed by atoms with E-state index < -0.39 is 5.97 Å². The van der Waals surface area contributed by atoms with Crippen LogP contribution in [0.4, 0.5) is 0 Å². The van der Waals surface area contributed by atoms with Crippen molar-refractivity contribution in [3.8, 4) is 16.9 Å². The molecule has 134 valence electrons. The predicted octanol–water partition coefficient (Wildman–Crippen LogP) is 3.57. The van der Waals surface area contributed by atoms with Crippen LogP contribution in [-0.2, 0) is 4.79 Å². The Morgan fingerprint density at radius 1 is 0.963 bits per heavy atom. The minimum Gasteiger partial charge on any atom is -0.478 e. The van der Waals surface area contributed by atoms with Crippen molar-refractivity contribution in [3.63, 3.8) is 0 Å². The molecule has 3 aromatic rings. The largest absolute Gasteiger partial charge is 0.478 e. The molecule has 1 aromatic heterocycles. The fourth-order valence-electron chi connectivity index (χ4n) is 2.53. The van der Waals surface area contributed by atoms with Gasteiger partial charge in [0.15, 0.2) is 5.78 Å². The van der Waals surface area contributed by atoms with Crippen LogP contribution in [0.2, 0.25) is 0 Å². The number of benzene rings is 2. The van der Waals surface area contributed by atoms with Crippen LogP contribution in [0, 0.1) is 0 Å². The molecule has 0 saturated carbocycles. The van der Waals surface area contributed by atoms with E-state index in [1.807, 2.05) is 30.3 Å². The first-order valence-corrected chi connectivity index (χ1v) is 8.18. The number of carboxylic acid groups (broad SMARTS) is 1. The lowest BCUT2D eigenvalue weighted by atomic mass is 10.1. The molecule has 0 aliphatic rings. The van der Waals surface area contributed by atoms with Gasteiger partial charge in [0.2, 0.25) is 5.78 Å². The summed E-state index contributed by atoms with van der Waals surface area (Å²) in [5, 5.41) is 13.5. The van der Waals surface area contributed by atoms with Crippen LogP contribution < -0.4 is 0 Å². The van der Waals surface area contributed by atoms with Gasteiger partial charge in [-0.3, -0.25) is 9.59 Å². The lowest BCUT2D eigenvalue weighted by molar-refractivity contribution is -0.112. The van der Waals surface area contributed by atoms with Crippen LogP contribution in [0.3, 0.4) is 0 Å². The SMILES string of the molecule is CC(=O)C=CC(=O)c1cc(-c2ccccc2)nn1-c1ccc(C(=O)O)cc1. The summed E-state index contributed by atoms with van der Waals surface area (Å²) in [5.41, 5.74) is 2.38. The number of rotatable bonds is 6. The predicted molar refractivity (Wildman–Crippen MR) is 100 cm³/mol. The van der Waals surface area contributed by atoms with E-state index in [4.69, 9.17) is 5.11 Å². The molecule has 1 heterocycles. The monoisotopic (exact) mass is 360 g/mol. The molecular weight excluding hydrogens is 344 g/mol. The number of allylic oxidation sites excluding steroid dienone is 2. The molecule has 0 atom stereocenters. The molecule has 27 heavy (non-hydrogen) atoms. The first-order chi connectivity index (χ1) is 13.0. The van der Waals surface area contributed by atoms with Gasteiger partial charge in [0, 0.05) is 5.56 Å². The number of carbonyl (C=O) groups is 3. The topological polar surface area (TPSA) is 89.3 Å². The van der Waals surface area contributed by atoms with E-state index in [2.05, 4.69) is 5.10 Å². The Labute approximate surface area is 155 Å². The number of carboxylic acids is 1. The summed E-state index contributed by atoms with van der Waals surface area (Å²) in [6.45, 7) is 1.36. The molecular formula is C21H16N2O4. The summed E-state index contributed by atoms with van der Waals surface area (Å²) < 4.78 is 1.45. The van der Waals surface area contributed by atoms with E-state index in [0.29, 0.717) is 11.4 Å². The molecule has 0 fully saturated rings. The van der Waals surface area contributed by atoms with Crippen LogP contribution in [0.1, 0.15) is 27.8 Å². The number of hydrogen-bond donors (Lipinski definition) is 1. The highest BCUT2D eigenvalue weighted by atomic mass is 16.4. The molecule has 0 aliphatic carbocycles. The van der Waals surface area contributed by atoms with Gasteiger partial charge in [0.05, 0.1) is 16.9 Å². The van der Waals surface area contributed by atoms with Crippen molar-refractivity contribution in [3.05, 3.63) is 84.1 Å². The number of hydrogen-bond acceptors (Lipinski definition) is 4. The third kappa shape index (κ3) is 4.07. The van der Waals surface area contributed by atoms with Crippen LogP contribution in [0.25, 0.3) is 16.9 Å². The smallest absolute Gasteiger partial charge is 0.335 e. The van der Waals surface area contributed by atoms with Gasteiger partial charge in [-0.1, -0.05) is 30.3 Å². The van der Waals surface area contributed by atoms with E-state index in [0.717, 1.165) is 5.56 Å². The van der Waals surface area contributed by atoms with Crippen molar-refractivity contribution in [2.45, 2.75) is 6.92 Å². The Hall–Kier alpha value is -3.80. The van der Waals surface area contributed by atoms with Crippen LogP contribution >= 0.6 is 0 Å². The number of nitrogens with zero attached hydrogens (tertiary/aromatic N) is 2. The summed E-state index contributed by atoms with van der Waals surface area (Å²) in [6.07, 6.45) is 2.41. The van der Waals surface area contributed by atoms with Crippen LogP contribution in [0.15, 0.2) is 72.8 Å². The zero-order chi connectivity index (χ0) is 19.4. The van der Waals surface area contributed by atoms with Gasteiger partial charge in [0.25, 0.3) is 0 Å². The first kappa shape index (κ1) is 18.0. The lowest BCUT2D eigenvalue weighted by Crippen LogP contribution is -2.08.